The average Bonchev–Trinajstić information content (AvgIpc) is 2.39. The van der Waals surface area contributed by atoms with Gasteiger partial charge in [-0.05, 0) is 35.4 Å². The van der Waals surface area contributed by atoms with Crippen molar-refractivity contribution >= 4 is 17.7 Å². The number of halogens is 1. The first kappa shape index (κ1) is 13.6. The minimum absolute atomic E-state index is 0.0279. The lowest BCUT2D eigenvalue weighted by atomic mass is 10.1. The van der Waals surface area contributed by atoms with E-state index >= 15 is 0 Å². The summed E-state index contributed by atoms with van der Waals surface area (Å²) in [5.74, 6) is -0.412. The number of hydrogen-bond donors (Lipinski definition) is 1. The zero-order chi connectivity index (χ0) is 13.7. The molecule has 0 spiro atoms. The lowest BCUT2D eigenvalue weighted by molar-refractivity contribution is -0.136. The molecule has 2 nitrogen and oxygen atoms in total. The molecule has 4 heteroatoms. The van der Waals surface area contributed by atoms with Crippen LogP contribution in [0.5, 0.6) is 0 Å². The van der Waals surface area contributed by atoms with Crippen LogP contribution < -0.4 is 0 Å². The van der Waals surface area contributed by atoms with Crippen LogP contribution in [0.25, 0.3) is 0 Å². The van der Waals surface area contributed by atoms with Gasteiger partial charge < -0.3 is 5.11 Å². The average molecular weight is 276 g/mol. The lowest BCUT2D eigenvalue weighted by Crippen LogP contribution is -2.02. The fourth-order valence-electron chi connectivity index (χ4n) is 1.73. The van der Waals surface area contributed by atoms with Crippen molar-refractivity contribution in [2.75, 3.05) is 0 Å². The molecule has 0 saturated heterocycles. The molecule has 0 heterocycles. The number of hydrogen-bond acceptors (Lipinski definition) is 2. The van der Waals surface area contributed by atoms with Crippen molar-refractivity contribution in [2.24, 2.45) is 0 Å². The normalized spacial score (nSPS) is 10.4. The molecule has 0 fully saturated rings. The largest absolute Gasteiger partial charge is 0.481 e. The van der Waals surface area contributed by atoms with E-state index in [1.165, 1.54) is 12.1 Å². The van der Waals surface area contributed by atoms with Gasteiger partial charge in [-0.15, -0.1) is 11.8 Å². The Bertz CT molecular complexity index is 567. The van der Waals surface area contributed by atoms with Crippen molar-refractivity contribution in [3.05, 3.63) is 65.5 Å². The summed E-state index contributed by atoms with van der Waals surface area (Å²) >= 11 is 1.56. The van der Waals surface area contributed by atoms with Gasteiger partial charge in [-0.2, -0.15) is 0 Å². The predicted molar refractivity (Wildman–Crippen MR) is 73.7 cm³/mol. The fraction of sp³-hybridized carbons (Fsp3) is 0.133. The molecule has 0 unspecified atom stereocenters. The number of aliphatic carboxylic acids is 1. The monoisotopic (exact) mass is 276 g/mol. The molecule has 0 aliphatic carbocycles. The molecule has 2 aromatic carbocycles. The van der Waals surface area contributed by atoms with E-state index in [-0.39, 0.29) is 12.2 Å². The second-order valence-electron chi connectivity index (χ2n) is 4.08. The first-order valence-electron chi connectivity index (χ1n) is 5.82. The quantitative estimate of drug-likeness (QED) is 0.845. The molecule has 19 heavy (non-hydrogen) atoms. The number of carbonyl (C=O) groups is 1. The van der Waals surface area contributed by atoms with Gasteiger partial charge in [0, 0.05) is 10.6 Å². The van der Waals surface area contributed by atoms with Gasteiger partial charge in [0.1, 0.15) is 5.82 Å². The van der Waals surface area contributed by atoms with Crippen LogP contribution in [0, 0.1) is 5.82 Å². The third-order valence-corrected chi connectivity index (χ3v) is 3.73. The fourth-order valence-corrected chi connectivity index (χ4v) is 2.66. The zero-order valence-electron chi connectivity index (χ0n) is 10.2. The first-order valence-corrected chi connectivity index (χ1v) is 6.80. The molecule has 0 aromatic heterocycles. The molecule has 0 amide bonds. The van der Waals surface area contributed by atoms with Crippen molar-refractivity contribution in [3.8, 4) is 0 Å². The molecular weight excluding hydrogens is 263 g/mol. The Morgan fingerprint density at radius 3 is 2.32 bits per heavy atom. The number of benzene rings is 2. The number of rotatable bonds is 5. The Hall–Kier alpha value is -1.81. The van der Waals surface area contributed by atoms with E-state index in [1.54, 1.807) is 23.9 Å². The summed E-state index contributed by atoms with van der Waals surface area (Å²) in [5.41, 5.74) is 1.82. The summed E-state index contributed by atoms with van der Waals surface area (Å²) in [4.78, 5) is 11.7. The van der Waals surface area contributed by atoms with E-state index < -0.39 is 5.97 Å². The summed E-state index contributed by atoms with van der Waals surface area (Å²) in [6.07, 6.45) is 0.0279. The molecule has 0 saturated carbocycles. The maximum absolute atomic E-state index is 12.8. The van der Waals surface area contributed by atoms with Gasteiger partial charge in [0.05, 0.1) is 6.42 Å². The van der Waals surface area contributed by atoms with E-state index in [1.807, 2.05) is 24.3 Å². The molecule has 98 valence electrons. The molecule has 0 aliphatic heterocycles. The second kappa shape index (κ2) is 6.38. The predicted octanol–water partition coefficient (Wildman–Crippen LogP) is 3.75. The van der Waals surface area contributed by atoms with Crippen molar-refractivity contribution in [3.63, 3.8) is 0 Å². The Kier molecular flexibility index (Phi) is 4.58. The topological polar surface area (TPSA) is 37.3 Å². The Morgan fingerprint density at radius 2 is 1.68 bits per heavy atom. The number of carboxylic acids is 1. The summed E-state index contributed by atoms with van der Waals surface area (Å²) in [7, 11) is 0. The van der Waals surface area contributed by atoms with Crippen LogP contribution in [-0.2, 0) is 17.0 Å². The molecule has 0 aliphatic rings. The van der Waals surface area contributed by atoms with Crippen LogP contribution in [0.4, 0.5) is 4.39 Å². The van der Waals surface area contributed by atoms with Gasteiger partial charge in [0.2, 0.25) is 0 Å². The molecule has 2 rings (SSSR count). The minimum Gasteiger partial charge on any atom is -0.481 e. The minimum atomic E-state index is -0.834. The molecule has 0 bridgehead atoms. The highest BCUT2D eigenvalue weighted by Crippen LogP contribution is 2.24. The van der Waals surface area contributed by atoms with E-state index in [0.29, 0.717) is 5.75 Å². The van der Waals surface area contributed by atoms with Gasteiger partial charge in [-0.3, -0.25) is 4.79 Å². The van der Waals surface area contributed by atoms with E-state index in [9.17, 15) is 9.18 Å². The highest BCUT2D eigenvalue weighted by Gasteiger charge is 2.06. The standard InChI is InChI=1S/C15H13FO2S/c16-13-5-7-14(8-6-13)19-10-12-4-2-1-3-11(12)9-15(17)18/h1-8H,9-10H2,(H,17,18). The van der Waals surface area contributed by atoms with Crippen LogP contribution in [-0.4, -0.2) is 11.1 Å². The Balaban J connectivity index is 2.06. The smallest absolute Gasteiger partial charge is 0.307 e. The van der Waals surface area contributed by atoms with Crippen LogP contribution >= 0.6 is 11.8 Å². The summed E-state index contributed by atoms with van der Waals surface area (Å²) < 4.78 is 12.8. The lowest BCUT2D eigenvalue weighted by Gasteiger charge is -2.07. The molecule has 2 aromatic rings. The van der Waals surface area contributed by atoms with Crippen molar-refractivity contribution in [1.29, 1.82) is 0 Å². The molecular formula is C15H13FO2S. The first-order chi connectivity index (χ1) is 9.15. The van der Waals surface area contributed by atoms with E-state index in [0.717, 1.165) is 16.0 Å². The van der Waals surface area contributed by atoms with Gasteiger partial charge >= 0.3 is 5.97 Å². The third-order valence-electron chi connectivity index (χ3n) is 2.67. The van der Waals surface area contributed by atoms with E-state index in [2.05, 4.69) is 0 Å². The summed E-state index contributed by atoms with van der Waals surface area (Å²) in [5, 5.41) is 8.86. The molecule has 0 atom stereocenters. The SMILES string of the molecule is O=C(O)Cc1ccccc1CSc1ccc(F)cc1. The van der Waals surface area contributed by atoms with Crippen molar-refractivity contribution < 1.29 is 14.3 Å². The van der Waals surface area contributed by atoms with Crippen molar-refractivity contribution in [1.82, 2.24) is 0 Å². The Labute approximate surface area is 115 Å². The van der Waals surface area contributed by atoms with Gasteiger partial charge in [0.15, 0.2) is 0 Å². The second-order valence-corrected chi connectivity index (χ2v) is 5.13. The van der Waals surface area contributed by atoms with Crippen LogP contribution in [0.1, 0.15) is 11.1 Å². The van der Waals surface area contributed by atoms with Crippen LogP contribution in [0.3, 0.4) is 0 Å². The summed E-state index contributed by atoms with van der Waals surface area (Å²) in [6.45, 7) is 0. The number of thioether (sulfide) groups is 1. The van der Waals surface area contributed by atoms with Gasteiger partial charge in [-0.1, -0.05) is 24.3 Å². The number of carboxylic acid groups (broad SMARTS) is 1. The van der Waals surface area contributed by atoms with E-state index in [4.69, 9.17) is 5.11 Å². The van der Waals surface area contributed by atoms with Crippen LogP contribution in [0.15, 0.2) is 53.4 Å². The third kappa shape index (κ3) is 4.10. The zero-order valence-corrected chi connectivity index (χ0v) is 11.0. The van der Waals surface area contributed by atoms with Crippen molar-refractivity contribution in [2.45, 2.75) is 17.1 Å². The Morgan fingerprint density at radius 1 is 1.05 bits per heavy atom. The maximum atomic E-state index is 12.8. The maximum Gasteiger partial charge on any atom is 0.307 e. The van der Waals surface area contributed by atoms with Gasteiger partial charge in [-0.25, -0.2) is 4.39 Å². The summed E-state index contributed by atoms with van der Waals surface area (Å²) in [6, 6.07) is 13.8. The highest BCUT2D eigenvalue weighted by atomic mass is 32.2. The molecule has 1 N–H and O–H groups in total. The molecule has 0 radical (unpaired) electrons. The highest BCUT2D eigenvalue weighted by molar-refractivity contribution is 7.98. The van der Waals surface area contributed by atoms with Gasteiger partial charge in [0.25, 0.3) is 0 Å². The van der Waals surface area contributed by atoms with Crippen LogP contribution in [0.2, 0.25) is 0 Å².